The number of rotatable bonds is 3. The van der Waals surface area contributed by atoms with E-state index < -0.39 is 4.92 Å². The molecule has 0 saturated heterocycles. The van der Waals surface area contributed by atoms with Crippen LogP contribution < -0.4 is 5.32 Å². The highest BCUT2D eigenvalue weighted by atomic mass is 32.1. The first-order valence-electron chi connectivity index (χ1n) is 5.92. The van der Waals surface area contributed by atoms with Gasteiger partial charge in [0.25, 0.3) is 11.6 Å². The molecular formula is C13H8N4O3S. The third-order valence-electron chi connectivity index (χ3n) is 2.87. The van der Waals surface area contributed by atoms with Crippen molar-refractivity contribution in [2.24, 2.45) is 0 Å². The predicted molar refractivity (Wildman–Crippen MR) is 78.5 cm³/mol. The number of non-ortho nitro benzene ring substituents is 1. The van der Waals surface area contributed by atoms with Gasteiger partial charge in [0, 0.05) is 17.7 Å². The quantitative estimate of drug-likeness (QED) is 0.592. The maximum absolute atomic E-state index is 12.1. The molecule has 0 unspecified atom stereocenters. The molecule has 3 rings (SSSR count). The molecule has 3 aromatic rings. The predicted octanol–water partition coefficient (Wildman–Crippen LogP) is 2.85. The summed E-state index contributed by atoms with van der Waals surface area (Å²) >= 11 is 1.07. The third kappa shape index (κ3) is 2.56. The van der Waals surface area contributed by atoms with Crippen molar-refractivity contribution in [3.05, 3.63) is 58.1 Å². The summed E-state index contributed by atoms with van der Waals surface area (Å²) in [5.74, 6) is -0.356. The number of aromatic nitrogens is 2. The van der Waals surface area contributed by atoms with Crippen LogP contribution >= 0.6 is 11.7 Å². The molecule has 2 aromatic carbocycles. The fourth-order valence-electron chi connectivity index (χ4n) is 1.84. The summed E-state index contributed by atoms with van der Waals surface area (Å²) < 4.78 is 8.22. The lowest BCUT2D eigenvalue weighted by atomic mass is 10.2. The van der Waals surface area contributed by atoms with Gasteiger partial charge in [-0.3, -0.25) is 14.9 Å². The lowest BCUT2D eigenvalue weighted by Crippen LogP contribution is -2.12. The second-order valence-electron chi connectivity index (χ2n) is 4.20. The number of nitrogens with one attached hydrogen (secondary N) is 1. The Morgan fingerprint density at radius 2 is 1.90 bits per heavy atom. The lowest BCUT2D eigenvalue weighted by molar-refractivity contribution is -0.384. The highest BCUT2D eigenvalue weighted by molar-refractivity contribution is 7.00. The van der Waals surface area contributed by atoms with Gasteiger partial charge in [-0.15, -0.1) is 0 Å². The molecule has 1 N–H and O–H groups in total. The molecular weight excluding hydrogens is 292 g/mol. The van der Waals surface area contributed by atoms with Crippen molar-refractivity contribution >= 4 is 40.0 Å². The van der Waals surface area contributed by atoms with Gasteiger partial charge in [-0.2, -0.15) is 8.75 Å². The van der Waals surface area contributed by atoms with Crippen LogP contribution in [0.3, 0.4) is 0 Å². The fraction of sp³-hybridized carbons (Fsp3) is 0. The molecule has 0 bridgehead atoms. The van der Waals surface area contributed by atoms with Crippen molar-refractivity contribution in [1.29, 1.82) is 0 Å². The average Bonchev–Trinajstić information content (AvgIpc) is 2.97. The van der Waals surface area contributed by atoms with Gasteiger partial charge in [0.15, 0.2) is 0 Å². The van der Waals surface area contributed by atoms with Crippen LogP contribution in [0.15, 0.2) is 42.5 Å². The summed E-state index contributed by atoms with van der Waals surface area (Å²) in [7, 11) is 0. The van der Waals surface area contributed by atoms with Crippen LogP contribution in [0, 0.1) is 10.1 Å². The smallest absolute Gasteiger partial charge is 0.269 e. The molecule has 1 amide bonds. The highest BCUT2D eigenvalue weighted by Gasteiger charge is 2.12. The van der Waals surface area contributed by atoms with Crippen LogP contribution in [0.5, 0.6) is 0 Å². The Hall–Kier alpha value is -2.87. The number of benzene rings is 2. The maximum atomic E-state index is 12.1. The summed E-state index contributed by atoms with van der Waals surface area (Å²) in [6, 6.07) is 10.7. The summed E-state index contributed by atoms with van der Waals surface area (Å²) in [6.07, 6.45) is 0. The minimum absolute atomic E-state index is 0.0580. The number of nitro benzene ring substituents is 1. The van der Waals surface area contributed by atoms with E-state index in [9.17, 15) is 14.9 Å². The van der Waals surface area contributed by atoms with E-state index in [4.69, 9.17) is 0 Å². The molecule has 1 aromatic heterocycles. The van der Waals surface area contributed by atoms with Gasteiger partial charge in [0.05, 0.1) is 22.3 Å². The minimum Gasteiger partial charge on any atom is -0.320 e. The fourth-order valence-corrected chi connectivity index (χ4v) is 2.39. The number of amides is 1. The molecule has 0 saturated carbocycles. The molecule has 0 aliphatic carbocycles. The Labute approximate surface area is 122 Å². The van der Waals surface area contributed by atoms with Gasteiger partial charge in [-0.25, -0.2) is 0 Å². The molecule has 0 atom stereocenters. The van der Waals surface area contributed by atoms with Gasteiger partial charge in [0.1, 0.15) is 11.0 Å². The summed E-state index contributed by atoms with van der Waals surface area (Å²) in [4.78, 5) is 22.2. The standard InChI is InChI=1S/C13H8N4O3S/c18-13(8-4-6-9(7-5-8)17(19)20)14-10-2-1-3-11-12(10)16-21-15-11/h1-7H,(H,14,18). The molecule has 0 aliphatic rings. The monoisotopic (exact) mass is 300 g/mol. The second kappa shape index (κ2) is 5.25. The Morgan fingerprint density at radius 1 is 1.14 bits per heavy atom. The van der Waals surface area contributed by atoms with E-state index in [1.807, 2.05) is 0 Å². The van der Waals surface area contributed by atoms with Gasteiger partial charge in [-0.1, -0.05) is 6.07 Å². The normalized spacial score (nSPS) is 10.5. The number of carbonyl (C=O) groups is 1. The van der Waals surface area contributed by atoms with Crippen LogP contribution in [0.25, 0.3) is 11.0 Å². The molecule has 7 nitrogen and oxygen atoms in total. The third-order valence-corrected chi connectivity index (χ3v) is 3.42. The van der Waals surface area contributed by atoms with E-state index in [-0.39, 0.29) is 11.6 Å². The van der Waals surface area contributed by atoms with Crippen molar-refractivity contribution in [2.45, 2.75) is 0 Å². The maximum Gasteiger partial charge on any atom is 0.269 e. The van der Waals surface area contributed by atoms with Crippen LogP contribution in [-0.2, 0) is 0 Å². The van der Waals surface area contributed by atoms with Crippen LogP contribution in [-0.4, -0.2) is 19.6 Å². The van der Waals surface area contributed by atoms with E-state index in [0.717, 1.165) is 11.7 Å². The van der Waals surface area contributed by atoms with E-state index in [1.165, 1.54) is 24.3 Å². The average molecular weight is 300 g/mol. The van der Waals surface area contributed by atoms with Crippen LogP contribution in [0.4, 0.5) is 11.4 Å². The van der Waals surface area contributed by atoms with E-state index in [2.05, 4.69) is 14.1 Å². The number of hydrogen-bond donors (Lipinski definition) is 1. The number of hydrogen-bond acceptors (Lipinski definition) is 6. The Bertz CT molecular complexity index is 829. The zero-order chi connectivity index (χ0) is 14.8. The SMILES string of the molecule is O=C(Nc1cccc2nsnc12)c1ccc([N+](=O)[O-])cc1. The highest BCUT2D eigenvalue weighted by Crippen LogP contribution is 2.22. The van der Waals surface area contributed by atoms with Crippen molar-refractivity contribution < 1.29 is 9.72 Å². The Morgan fingerprint density at radius 3 is 2.62 bits per heavy atom. The number of nitro groups is 1. The molecule has 21 heavy (non-hydrogen) atoms. The minimum atomic E-state index is -0.511. The van der Waals surface area contributed by atoms with Gasteiger partial charge < -0.3 is 5.32 Å². The molecule has 104 valence electrons. The molecule has 1 heterocycles. The van der Waals surface area contributed by atoms with Crippen molar-refractivity contribution in [3.8, 4) is 0 Å². The largest absolute Gasteiger partial charge is 0.320 e. The van der Waals surface area contributed by atoms with Crippen LogP contribution in [0.1, 0.15) is 10.4 Å². The van der Waals surface area contributed by atoms with Gasteiger partial charge in [-0.05, 0) is 24.3 Å². The van der Waals surface area contributed by atoms with E-state index in [1.54, 1.807) is 18.2 Å². The number of fused-ring (bicyclic) bond motifs is 1. The zero-order valence-electron chi connectivity index (χ0n) is 10.5. The lowest BCUT2D eigenvalue weighted by Gasteiger charge is -2.05. The Balaban J connectivity index is 1.86. The van der Waals surface area contributed by atoms with Crippen molar-refractivity contribution in [3.63, 3.8) is 0 Å². The Kier molecular flexibility index (Phi) is 3.28. The first-order chi connectivity index (χ1) is 10.1. The van der Waals surface area contributed by atoms with E-state index >= 15 is 0 Å². The van der Waals surface area contributed by atoms with Crippen LogP contribution in [0.2, 0.25) is 0 Å². The molecule has 0 spiro atoms. The second-order valence-corrected chi connectivity index (χ2v) is 4.72. The summed E-state index contributed by atoms with van der Waals surface area (Å²) in [6.45, 7) is 0. The molecule has 0 fully saturated rings. The first kappa shape index (κ1) is 13.1. The van der Waals surface area contributed by atoms with Gasteiger partial charge in [0.2, 0.25) is 0 Å². The van der Waals surface area contributed by atoms with Gasteiger partial charge >= 0.3 is 0 Å². The molecule has 0 aliphatic heterocycles. The summed E-state index contributed by atoms with van der Waals surface area (Å²) in [5, 5.41) is 13.3. The molecule has 0 radical (unpaired) electrons. The van der Waals surface area contributed by atoms with Crippen molar-refractivity contribution in [2.75, 3.05) is 5.32 Å². The number of carbonyl (C=O) groups excluding carboxylic acids is 1. The zero-order valence-corrected chi connectivity index (χ0v) is 11.3. The summed E-state index contributed by atoms with van der Waals surface area (Å²) in [5.41, 5.74) is 2.17. The first-order valence-corrected chi connectivity index (χ1v) is 6.65. The van der Waals surface area contributed by atoms with Crippen molar-refractivity contribution in [1.82, 2.24) is 8.75 Å². The van der Waals surface area contributed by atoms with E-state index in [0.29, 0.717) is 22.3 Å². The number of anilines is 1. The molecule has 8 heteroatoms. The number of nitrogens with zero attached hydrogens (tertiary/aromatic N) is 3. The topological polar surface area (TPSA) is 98.0 Å².